The number of phenolic OH excluding ortho intramolecular Hbond substituents is 1. The van der Waals surface area contributed by atoms with E-state index in [9.17, 15) is 13.5 Å². The van der Waals surface area contributed by atoms with Gasteiger partial charge in [0.05, 0.1) is 16.3 Å². The molecule has 0 unspecified atom stereocenters. The molecule has 0 saturated carbocycles. The fourth-order valence-corrected chi connectivity index (χ4v) is 2.74. The maximum Gasteiger partial charge on any atom is 0.323 e. The summed E-state index contributed by atoms with van der Waals surface area (Å²) in [6.45, 7) is 0. The van der Waals surface area contributed by atoms with Gasteiger partial charge in [0.1, 0.15) is 5.75 Å². The Hall–Kier alpha value is -2.81. The average molecular weight is 344 g/mol. The number of hydrogen-bond donors (Lipinski definition) is 2. The molecule has 2 N–H and O–H groups in total. The lowest BCUT2D eigenvalue weighted by atomic mass is 10.1. The number of nitrogens with zero attached hydrogens (tertiary/aromatic N) is 2. The quantitative estimate of drug-likeness (QED) is 0.420. The second-order valence-electron chi connectivity index (χ2n) is 4.87. The van der Waals surface area contributed by atoms with Crippen molar-refractivity contribution in [1.82, 2.24) is 0 Å². The van der Waals surface area contributed by atoms with Crippen LogP contribution in [0.2, 0.25) is 0 Å². The Balaban J connectivity index is 1.93. The smallest absolute Gasteiger partial charge is 0.323 e. The molecule has 3 aromatic rings. The summed E-state index contributed by atoms with van der Waals surface area (Å²) in [7, 11) is -4.16. The molecule has 0 saturated heterocycles. The van der Waals surface area contributed by atoms with Gasteiger partial charge in [-0.15, -0.1) is 9.45 Å². The van der Waals surface area contributed by atoms with Crippen LogP contribution in [-0.2, 0) is 14.5 Å². The first kappa shape index (κ1) is 16.1. The molecule has 0 aliphatic carbocycles. The van der Waals surface area contributed by atoms with Crippen LogP contribution in [0.4, 0.5) is 11.4 Å². The van der Waals surface area contributed by atoms with Crippen LogP contribution in [0.1, 0.15) is 0 Å². The minimum atomic E-state index is -4.16. The number of aromatic hydroxyl groups is 1. The molecule has 8 heteroatoms. The van der Waals surface area contributed by atoms with E-state index < -0.39 is 10.1 Å². The molecule has 0 fully saturated rings. The maximum absolute atomic E-state index is 11.3. The number of phenols is 1. The third-order valence-electron chi connectivity index (χ3n) is 3.37. The molecule has 0 spiro atoms. The van der Waals surface area contributed by atoms with Crippen LogP contribution in [0, 0.1) is 0 Å². The Morgan fingerprint density at radius 1 is 0.833 bits per heavy atom. The van der Waals surface area contributed by atoms with E-state index in [1.54, 1.807) is 12.1 Å². The van der Waals surface area contributed by atoms with Crippen LogP contribution in [0.15, 0.2) is 75.8 Å². The minimum Gasteiger partial charge on any atom is -0.507 e. The standard InChI is InChI=1S/C16H12N2O5S/c19-16-10-9-15(13-3-1-2-4-14(13)16)18-17-11-5-7-12(8-6-11)24(21,22)23-20/h1-10,19-20H. The molecule has 0 aliphatic rings. The van der Waals surface area contributed by atoms with Crippen molar-refractivity contribution in [2.24, 2.45) is 10.2 Å². The third kappa shape index (κ3) is 3.11. The molecule has 0 amide bonds. The van der Waals surface area contributed by atoms with Crippen molar-refractivity contribution in [1.29, 1.82) is 0 Å². The van der Waals surface area contributed by atoms with Crippen molar-refractivity contribution in [3.63, 3.8) is 0 Å². The van der Waals surface area contributed by atoms with Gasteiger partial charge in [-0.3, -0.25) is 0 Å². The van der Waals surface area contributed by atoms with Crippen LogP contribution in [0.5, 0.6) is 5.75 Å². The van der Waals surface area contributed by atoms with Gasteiger partial charge in [-0.25, -0.2) is 5.26 Å². The van der Waals surface area contributed by atoms with Gasteiger partial charge in [0.25, 0.3) is 0 Å². The normalized spacial score (nSPS) is 12.0. The first-order chi connectivity index (χ1) is 11.5. The largest absolute Gasteiger partial charge is 0.507 e. The lowest BCUT2D eigenvalue weighted by molar-refractivity contribution is -0.130. The van der Waals surface area contributed by atoms with Crippen molar-refractivity contribution >= 4 is 32.3 Å². The highest BCUT2D eigenvalue weighted by molar-refractivity contribution is 7.86. The molecule has 0 bridgehead atoms. The number of azo groups is 1. The molecule has 0 radical (unpaired) electrons. The summed E-state index contributed by atoms with van der Waals surface area (Å²) in [5.41, 5.74) is 0.989. The van der Waals surface area contributed by atoms with Gasteiger partial charge in [0.15, 0.2) is 0 Å². The fourth-order valence-electron chi connectivity index (χ4n) is 2.19. The topological polar surface area (TPSA) is 109 Å². The van der Waals surface area contributed by atoms with E-state index >= 15 is 0 Å². The van der Waals surface area contributed by atoms with Crippen molar-refractivity contribution in [3.8, 4) is 5.75 Å². The number of fused-ring (bicyclic) bond motifs is 1. The second-order valence-corrected chi connectivity index (χ2v) is 6.40. The summed E-state index contributed by atoms with van der Waals surface area (Å²) in [4.78, 5) is -0.195. The summed E-state index contributed by atoms with van der Waals surface area (Å²) in [5.74, 6) is 0.156. The molecule has 122 valence electrons. The van der Waals surface area contributed by atoms with Gasteiger partial charge in [-0.2, -0.15) is 13.5 Å². The van der Waals surface area contributed by atoms with Gasteiger partial charge >= 0.3 is 10.1 Å². The van der Waals surface area contributed by atoms with E-state index in [2.05, 4.69) is 14.6 Å². The van der Waals surface area contributed by atoms with E-state index in [1.807, 2.05) is 18.2 Å². The molecule has 3 aromatic carbocycles. The van der Waals surface area contributed by atoms with Crippen LogP contribution in [-0.4, -0.2) is 18.8 Å². The number of hydrogen-bond acceptors (Lipinski definition) is 7. The zero-order chi connectivity index (χ0) is 17.2. The molecule has 0 aromatic heterocycles. The van der Waals surface area contributed by atoms with E-state index in [4.69, 9.17) is 5.26 Å². The zero-order valence-electron chi connectivity index (χ0n) is 12.2. The summed E-state index contributed by atoms with van der Waals surface area (Å²) >= 11 is 0. The lowest BCUT2D eigenvalue weighted by Crippen LogP contribution is -2.02. The Labute approximate surface area is 137 Å². The van der Waals surface area contributed by atoms with E-state index in [-0.39, 0.29) is 10.6 Å². The summed E-state index contributed by atoms with van der Waals surface area (Å²) in [6, 6.07) is 15.8. The van der Waals surface area contributed by atoms with Crippen molar-refractivity contribution in [3.05, 3.63) is 60.7 Å². The number of benzene rings is 3. The molecular formula is C16H12N2O5S. The third-order valence-corrected chi connectivity index (χ3v) is 4.42. The van der Waals surface area contributed by atoms with Gasteiger partial charge in [0, 0.05) is 10.8 Å². The van der Waals surface area contributed by atoms with Gasteiger partial charge in [-0.05, 0) is 36.4 Å². The molecule has 0 atom stereocenters. The molecule has 7 nitrogen and oxygen atoms in total. The first-order valence-corrected chi connectivity index (χ1v) is 8.23. The second kappa shape index (κ2) is 6.36. The monoisotopic (exact) mass is 344 g/mol. The lowest BCUT2D eigenvalue weighted by Gasteiger charge is -2.03. The molecule has 0 aliphatic heterocycles. The van der Waals surface area contributed by atoms with Crippen LogP contribution < -0.4 is 0 Å². The summed E-state index contributed by atoms with van der Waals surface area (Å²) in [5, 5.41) is 27.8. The Bertz CT molecular complexity index is 1010. The predicted octanol–water partition coefficient (Wildman–Crippen LogP) is 4.14. The van der Waals surface area contributed by atoms with Crippen molar-refractivity contribution < 1.29 is 23.1 Å². The molecule has 3 rings (SSSR count). The maximum atomic E-state index is 11.3. The Kier molecular flexibility index (Phi) is 4.26. The van der Waals surface area contributed by atoms with Gasteiger partial charge in [0.2, 0.25) is 0 Å². The fraction of sp³-hybridized carbons (Fsp3) is 0. The summed E-state index contributed by atoms with van der Waals surface area (Å²) < 4.78 is 26.1. The number of rotatable bonds is 4. The Morgan fingerprint density at radius 2 is 1.50 bits per heavy atom. The highest BCUT2D eigenvalue weighted by atomic mass is 32.2. The van der Waals surface area contributed by atoms with Crippen LogP contribution in [0.25, 0.3) is 10.8 Å². The molecule has 24 heavy (non-hydrogen) atoms. The highest BCUT2D eigenvalue weighted by Crippen LogP contribution is 2.33. The van der Waals surface area contributed by atoms with Gasteiger partial charge < -0.3 is 5.11 Å². The van der Waals surface area contributed by atoms with E-state index in [0.29, 0.717) is 16.8 Å². The van der Waals surface area contributed by atoms with Crippen LogP contribution in [0.3, 0.4) is 0 Å². The van der Waals surface area contributed by atoms with Gasteiger partial charge in [-0.1, -0.05) is 24.3 Å². The predicted molar refractivity (Wildman–Crippen MR) is 87.1 cm³/mol. The molecular weight excluding hydrogens is 332 g/mol. The minimum absolute atomic E-state index is 0.156. The Morgan fingerprint density at radius 3 is 2.17 bits per heavy atom. The average Bonchev–Trinajstić information content (AvgIpc) is 2.62. The zero-order valence-corrected chi connectivity index (χ0v) is 13.0. The highest BCUT2D eigenvalue weighted by Gasteiger charge is 2.14. The SMILES string of the molecule is O=S(=O)(OO)c1ccc(N=Nc2ccc(O)c3ccccc23)cc1. The van der Waals surface area contributed by atoms with Crippen molar-refractivity contribution in [2.45, 2.75) is 4.90 Å². The first-order valence-electron chi connectivity index (χ1n) is 6.82. The summed E-state index contributed by atoms with van der Waals surface area (Å²) in [6.07, 6.45) is 0. The van der Waals surface area contributed by atoms with E-state index in [0.717, 1.165) is 5.39 Å². The van der Waals surface area contributed by atoms with E-state index in [1.165, 1.54) is 30.3 Å². The van der Waals surface area contributed by atoms with Crippen molar-refractivity contribution in [2.75, 3.05) is 0 Å². The molecule has 0 heterocycles. The van der Waals surface area contributed by atoms with Crippen LogP contribution >= 0.6 is 0 Å².